The Labute approximate surface area is 157 Å². The lowest BCUT2D eigenvalue weighted by atomic mass is 9.96. The van der Waals surface area contributed by atoms with E-state index in [0.29, 0.717) is 25.3 Å². The third kappa shape index (κ3) is 3.84. The van der Waals surface area contributed by atoms with Crippen LogP contribution in [0.1, 0.15) is 28.9 Å². The predicted octanol–water partition coefficient (Wildman–Crippen LogP) is 2.73. The highest BCUT2D eigenvalue weighted by atomic mass is 16.2. The number of fused-ring (bicyclic) bond motifs is 1. The highest BCUT2D eigenvalue weighted by Crippen LogP contribution is 2.21. The van der Waals surface area contributed by atoms with E-state index in [1.807, 2.05) is 42.5 Å². The van der Waals surface area contributed by atoms with Crippen molar-refractivity contribution >= 4 is 22.7 Å². The molecule has 1 saturated heterocycles. The molecular weight excluding hydrogens is 340 g/mol. The van der Waals surface area contributed by atoms with E-state index in [9.17, 15) is 9.59 Å². The number of pyridine rings is 1. The van der Waals surface area contributed by atoms with Crippen LogP contribution in [0.3, 0.4) is 0 Å². The van der Waals surface area contributed by atoms with E-state index in [2.05, 4.69) is 15.3 Å². The Hall–Kier alpha value is -3.15. The zero-order chi connectivity index (χ0) is 18.6. The van der Waals surface area contributed by atoms with Gasteiger partial charge in [0.2, 0.25) is 5.91 Å². The number of nitrogens with zero attached hydrogens (tertiary/aromatic N) is 2. The first kappa shape index (κ1) is 17.3. The molecule has 0 radical (unpaired) electrons. The SMILES string of the molecule is O=C(NCc1cccnc1)[C@@H]1CCCN(C(=O)c2cc3ccccc3[nH]2)C1. The molecule has 0 saturated carbocycles. The maximum Gasteiger partial charge on any atom is 0.270 e. The Bertz CT molecular complexity index is 918. The lowest BCUT2D eigenvalue weighted by Crippen LogP contribution is -2.45. The van der Waals surface area contributed by atoms with Gasteiger partial charge in [-0.25, -0.2) is 0 Å². The van der Waals surface area contributed by atoms with Gasteiger partial charge < -0.3 is 15.2 Å². The van der Waals surface area contributed by atoms with Crippen molar-refractivity contribution in [1.29, 1.82) is 0 Å². The average Bonchev–Trinajstić information content (AvgIpc) is 3.16. The number of carbonyl (C=O) groups is 2. The number of rotatable bonds is 4. The van der Waals surface area contributed by atoms with Crippen molar-refractivity contribution in [2.45, 2.75) is 19.4 Å². The maximum atomic E-state index is 12.9. The molecule has 1 aliphatic rings. The van der Waals surface area contributed by atoms with Crippen LogP contribution in [0.4, 0.5) is 0 Å². The number of hydrogen-bond acceptors (Lipinski definition) is 3. The van der Waals surface area contributed by atoms with Crippen molar-refractivity contribution < 1.29 is 9.59 Å². The van der Waals surface area contributed by atoms with Gasteiger partial charge in [0.25, 0.3) is 5.91 Å². The zero-order valence-electron chi connectivity index (χ0n) is 15.0. The molecule has 2 aromatic heterocycles. The number of aromatic nitrogens is 2. The van der Waals surface area contributed by atoms with Crippen molar-refractivity contribution in [3.8, 4) is 0 Å². The number of H-pyrrole nitrogens is 1. The molecule has 2 amide bonds. The fourth-order valence-electron chi connectivity index (χ4n) is 3.57. The van der Waals surface area contributed by atoms with Crippen LogP contribution in [-0.4, -0.2) is 39.8 Å². The number of nitrogens with one attached hydrogen (secondary N) is 2. The molecule has 0 aliphatic carbocycles. The van der Waals surface area contributed by atoms with Crippen molar-refractivity contribution in [2.24, 2.45) is 5.92 Å². The molecular formula is C21H22N4O2. The largest absolute Gasteiger partial charge is 0.352 e. The Morgan fingerprint density at radius 2 is 2.11 bits per heavy atom. The van der Waals surface area contributed by atoms with Crippen molar-refractivity contribution in [3.63, 3.8) is 0 Å². The van der Waals surface area contributed by atoms with Crippen LogP contribution in [0.5, 0.6) is 0 Å². The minimum absolute atomic E-state index is 0.00648. The first-order valence-corrected chi connectivity index (χ1v) is 9.24. The Morgan fingerprint density at radius 1 is 1.22 bits per heavy atom. The summed E-state index contributed by atoms with van der Waals surface area (Å²) >= 11 is 0. The van der Waals surface area contributed by atoms with Gasteiger partial charge in [-0.05, 0) is 36.6 Å². The van der Waals surface area contributed by atoms with Crippen LogP contribution in [0.2, 0.25) is 0 Å². The van der Waals surface area contributed by atoms with Crippen LogP contribution in [0.25, 0.3) is 10.9 Å². The van der Waals surface area contributed by atoms with Gasteiger partial charge in [-0.3, -0.25) is 14.6 Å². The van der Waals surface area contributed by atoms with Gasteiger partial charge in [0.15, 0.2) is 0 Å². The molecule has 4 rings (SSSR count). The lowest BCUT2D eigenvalue weighted by Gasteiger charge is -2.31. The van der Waals surface area contributed by atoms with E-state index in [1.54, 1.807) is 17.3 Å². The third-order valence-electron chi connectivity index (χ3n) is 5.03. The summed E-state index contributed by atoms with van der Waals surface area (Å²) in [4.78, 5) is 34.4. The Kier molecular flexibility index (Phi) is 4.87. The van der Waals surface area contributed by atoms with Crippen molar-refractivity contribution in [1.82, 2.24) is 20.2 Å². The Balaban J connectivity index is 1.39. The standard InChI is InChI=1S/C21H22N4O2/c26-20(23-13-15-5-3-9-22-12-15)17-7-4-10-25(14-17)21(27)19-11-16-6-1-2-8-18(16)24-19/h1-3,5-6,8-9,11-12,17,24H,4,7,10,13-14H2,(H,23,26)/t17-/m1/s1. The van der Waals surface area contributed by atoms with Gasteiger partial charge in [0.1, 0.15) is 5.69 Å². The predicted molar refractivity (Wildman–Crippen MR) is 103 cm³/mol. The number of benzene rings is 1. The van der Waals surface area contributed by atoms with Gasteiger partial charge in [-0.15, -0.1) is 0 Å². The highest BCUT2D eigenvalue weighted by molar-refractivity contribution is 5.98. The molecule has 1 atom stereocenters. The summed E-state index contributed by atoms with van der Waals surface area (Å²) in [5.74, 6) is -0.229. The third-order valence-corrected chi connectivity index (χ3v) is 5.03. The summed E-state index contributed by atoms with van der Waals surface area (Å²) in [5, 5.41) is 3.98. The van der Waals surface area contributed by atoms with E-state index in [-0.39, 0.29) is 17.7 Å². The summed E-state index contributed by atoms with van der Waals surface area (Å²) in [6.45, 7) is 1.59. The number of likely N-dealkylation sites (tertiary alicyclic amines) is 1. The van der Waals surface area contributed by atoms with E-state index < -0.39 is 0 Å². The van der Waals surface area contributed by atoms with Gasteiger partial charge in [0.05, 0.1) is 5.92 Å². The second kappa shape index (κ2) is 7.61. The van der Waals surface area contributed by atoms with Crippen molar-refractivity contribution in [3.05, 3.63) is 66.1 Å². The minimum atomic E-state index is -0.177. The van der Waals surface area contributed by atoms with Crippen LogP contribution >= 0.6 is 0 Å². The molecule has 3 aromatic rings. The summed E-state index contributed by atoms with van der Waals surface area (Å²) in [7, 11) is 0. The van der Waals surface area contributed by atoms with E-state index in [1.165, 1.54) is 0 Å². The van der Waals surface area contributed by atoms with Crippen LogP contribution in [0, 0.1) is 5.92 Å². The fourth-order valence-corrected chi connectivity index (χ4v) is 3.57. The number of amides is 2. The van der Waals surface area contributed by atoms with E-state index in [0.717, 1.165) is 29.3 Å². The number of aromatic amines is 1. The quantitative estimate of drug-likeness (QED) is 0.749. The van der Waals surface area contributed by atoms with Crippen LogP contribution in [-0.2, 0) is 11.3 Å². The summed E-state index contributed by atoms with van der Waals surface area (Å²) < 4.78 is 0. The molecule has 0 spiro atoms. The molecule has 6 heteroatoms. The zero-order valence-corrected chi connectivity index (χ0v) is 15.0. The summed E-state index contributed by atoms with van der Waals surface area (Å²) in [5.41, 5.74) is 2.49. The van der Waals surface area contributed by atoms with Crippen molar-refractivity contribution in [2.75, 3.05) is 13.1 Å². The molecule has 27 heavy (non-hydrogen) atoms. The number of hydrogen-bond donors (Lipinski definition) is 2. The maximum absolute atomic E-state index is 12.9. The van der Waals surface area contributed by atoms with Crippen LogP contribution in [0.15, 0.2) is 54.9 Å². The molecule has 0 unspecified atom stereocenters. The lowest BCUT2D eigenvalue weighted by molar-refractivity contribution is -0.126. The molecule has 2 N–H and O–H groups in total. The number of piperidine rings is 1. The first-order chi connectivity index (χ1) is 13.2. The molecule has 1 fully saturated rings. The Morgan fingerprint density at radius 3 is 2.93 bits per heavy atom. The van der Waals surface area contributed by atoms with Gasteiger partial charge >= 0.3 is 0 Å². The average molecular weight is 362 g/mol. The van der Waals surface area contributed by atoms with Gasteiger partial charge in [-0.2, -0.15) is 0 Å². The van der Waals surface area contributed by atoms with Crippen LogP contribution < -0.4 is 5.32 Å². The first-order valence-electron chi connectivity index (χ1n) is 9.24. The topological polar surface area (TPSA) is 78.1 Å². The van der Waals surface area contributed by atoms with Gasteiger partial charge in [-0.1, -0.05) is 24.3 Å². The summed E-state index contributed by atoms with van der Waals surface area (Å²) in [6, 6.07) is 13.5. The molecule has 6 nitrogen and oxygen atoms in total. The molecule has 3 heterocycles. The number of para-hydroxylation sites is 1. The monoisotopic (exact) mass is 362 g/mol. The molecule has 1 aliphatic heterocycles. The minimum Gasteiger partial charge on any atom is -0.352 e. The van der Waals surface area contributed by atoms with E-state index in [4.69, 9.17) is 0 Å². The van der Waals surface area contributed by atoms with Gasteiger partial charge in [0, 0.05) is 42.9 Å². The second-order valence-corrected chi connectivity index (χ2v) is 6.94. The smallest absolute Gasteiger partial charge is 0.270 e. The summed E-state index contributed by atoms with van der Waals surface area (Å²) in [6.07, 6.45) is 5.08. The normalized spacial score (nSPS) is 17.0. The molecule has 138 valence electrons. The highest BCUT2D eigenvalue weighted by Gasteiger charge is 2.29. The second-order valence-electron chi connectivity index (χ2n) is 6.94. The number of carbonyl (C=O) groups excluding carboxylic acids is 2. The van der Waals surface area contributed by atoms with E-state index >= 15 is 0 Å². The fraction of sp³-hybridized carbons (Fsp3) is 0.286. The molecule has 1 aromatic carbocycles. The molecule has 0 bridgehead atoms.